The van der Waals surface area contributed by atoms with E-state index in [1.807, 2.05) is 7.05 Å². The normalized spacial score (nSPS) is 20.2. The molecule has 0 saturated heterocycles. The molecule has 1 aromatic carbocycles. The molecular weight excluding hydrogens is 244 g/mol. The molecule has 0 aromatic heterocycles. The van der Waals surface area contributed by atoms with Crippen LogP contribution in [0.4, 0.5) is 8.78 Å². The van der Waals surface area contributed by atoms with Crippen LogP contribution in [0.15, 0.2) is 18.2 Å². The van der Waals surface area contributed by atoms with Gasteiger partial charge in [0.15, 0.2) is 11.6 Å². The first-order valence-corrected chi connectivity index (χ1v) is 7.16. The third-order valence-corrected chi connectivity index (χ3v) is 4.61. The van der Waals surface area contributed by atoms with Crippen LogP contribution in [0.25, 0.3) is 0 Å². The highest BCUT2D eigenvalue weighted by molar-refractivity contribution is 5.19. The summed E-state index contributed by atoms with van der Waals surface area (Å²) in [7, 11) is 1.96. The minimum absolute atomic E-state index is 0.262. The van der Waals surface area contributed by atoms with E-state index in [0.717, 1.165) is 12.0 Å². The van der Waals surface area contributed by atoms with Crippen molar-refractivity contribution in [1.82, 2.24) is 5.32 Å². The van der Waals surface area contributed by atoms with E-state index < -0.39 is 11.6 Å². The maximum atomic E-state index is 13.3. The van der Waals surface area contributed by atoms with Crippen molar-refractivity contribution >= 4 is 0 Å². The van der Waals surface area contributed by atoms with E-state index in [1.165, 1.54) is 44.2 Å². The van der Waals surface area contributed by atoms with Crippen molar-refractivity contribution in [1.29, 1.82) is 0 Å². The van der Waals surface area contributed by atoms with E-state index >= 15 is 0 Å². The fourth-order valence-electron chi connectivity index (χ4n) is 3.31. The molecule has 1 N–H and O–H groups in total. The molecule has 1 saturated carbocycles. The summed E-state index contributed by atoms with van der Waals surface area (Å²) in [5.74, 6) is -1.52. The van der Waals surface area contributed by atoms with Crippen LogP contribution in [0.3, 0.4) is 0 Å². The maximum absolute atomic E-state index is 13.3. The third-order valence-electron chi connectivity index (χ3n) is 4.61. The van der Waals surface area contributed by atoms with Crippen molar-refractivity contribution in [3.05, 3.63) is 35.4 Å². The summed E-state index contributed by atoms with van der Waals surface area (Å²) in [5.41, 5.74) is 1.13. The van der Waals surface area contributed by atoms with Crippen molar-refractivity contribution in [3.8, 4) is 0 Å². The van der Waals surface area contributed by atoms with Gasteiger partial charge in [-0.05, 0) is 49.4 Å². The van der Waals surface area contributed by atoms with E-state index in [4.69, 9.17) is 0 Å². The van der Waals surface area contributed by atoms with Crippen molar-refractivity contribution in [2.45, 2.75) is 51.5 Å². The highest BCUT2D eigenvalue weighted by Crippen LogP contribution is 2.39. The molecule has 1 aliphatic rings. The molecule has 0 bridgehead atoms. The van der Waals surface area contributed by atoms with Crippen LogP contribution >= 0.6 is 0 Å². The van der Waals surface area contributed by atoms with Crippen LogP contribution < -0.4 is 5.32 Å². The Morgan fingerprint density at radius 3 is 2.42 bits per heavy atom. The first kappa shape index (κ1) is 14.4. The summed E-state index contributed by atoms with van der Waals surface area (Å²) in [6.07, 6.45) is 7.03. The minimum Gasteiger partial charge on any atom is -0.316 e. The lowest BCUT2D eigenvalue weighted by Gasteiger charge is -2.41. The average Bonchev–Trinajstić information content (AvgIpc) is 2.40. The molecular formula is C16H23F2N. The molecule has 1 nitrogen and oxygen atoms in total. The molecule has 19 heavy (non-hydrogen) atoms. The van der Waals surface area contributed by atoms with Crippen LogP contribution in [-0.4, -0.2) is 13.1 Å². The minimum atomic E-state index is -0.770. The highest BCUT2D eigenvalue weighted by atomic mass is 19.2. The van der Waals surface area contributed by atoms with E-state index in [1.54, 1.807) is 6.07 Å². The molecule has 0 radical (unpaired) electrons. The third kappa shape index (κ3) is 3.33. The Morgan fingerprint density at radius 2 is 1.84 bits per heavy atom. The monoisotopic (exact) mass is 267 g/mol. The Kier molecular flexibility index (Phi) is 4.56. The van der Waals surface area contributed by atoms with Crippen LogP contribution in [0.2, 0.25) is 0 Å². The molecule has 0 heterocycles. The van der Waals surface area contributed by atoms with E-state index in [0.29, 0.717) is 6.04 Å². The average molecular weight is 267 g/mol. The van der Waals surface area contributed by atoms with E-state index in [2.05, 4.69) is 12.2 Å². The fourth-order valence-corrected chi connectivity index (χ4v) is 3.31. The van der Waals surface area contributed by atoms with Gasteiger partial charge in [-0.3, -0.25) is 0 Å². The summed E-state index contributed by atoms with van der Waals surface area (Å²) in [6.45, 7) is 2.31. The second-order valence-electron chi connectivity index (χ2n) is 6.01. The van der Waals surface area contributed by atoms with Crippen LogP contribution in [0.5, 0.6) is 0 Å². The number of benzene rings is 1. The summed E-state index contributed by atoms with van der Waals surface area (Å²) in [5, 5.41) is 3.38. The highest BCUT2D eigenvalue weighted by Gasteiger charge is 2.34. The Labute approximate surface area is 114 Å². The summed E-state index contributed by atoms with van der Waals surface area (Å²) in [4.78, 5) is 0. The van der Waals surface area contributed by atoms with E-state index in [-0.39, 0.29) is 5.41 Å². The second-order valence-corrected chi connectivity index (χ2v) is 6.01. The fraction of sp³-hybridized carbons (Fsp3) is 0.625. The van der Waals surface area contributed by atoms with Crippen molar-refractivity contribution < 1.29 is 8.78 Å². The van der Waals surface area contributed by atoms with Crippen molar-refractivity contribution in [2.24, 2.45) is 5.41 Å². The zero-order valence-electron chi connectivity index (χ0n) is 11.8. The van der Waals surface area contributed by atoms with Gasteiger partial charge in [-0.2, -0.15) is 0 Å². The standard InChI is InChI=1S/C16H23F2N/c1-16(8-4-3-5-9-16)15(19-2)11-12-6-7-13(17)14(18)10-12/h6-7,10,15,19H,3-5,8-9,11H2,1-2H3. The Morgan fingerprint density at radius 1 is 1.16 bits per heavy atom. The van der Waals surface area contributed by atoms with Gasteiger partial charge in [0.1, 0.15) is 0 Å². The molecule has 1 fully saturated rings. The zero-order chi connectivity index (χ0) is 13.9. The van der Waals surface area contributed by atoms with Gasteiger partial charge in [-0.1, -0.05) is 32.3 Å². The number of rotatable bonds is 4. The topological polar surface area (TPSA) is 12.0 Å². The maximum Gasteiger partial charge on any atom is 0.159 e. The van der Waals surface area contributed by atoms with Gasteiger partial charge in [-0.25, -0.2) is 8.78 Å². The van der Waals surface area contributed by atoms with Gasteiger partial charge in [0.2, 0.25) is 0 Å². The number of nitrogens with one attached hydrogen (secondary N) is 1. The smallest absolute Gasteiger partial charge is 0.159 e. The lowest BCUT2D eigenvalue weighted by Crippen LogP contribution is -2.44. The number of likely N-dealkylation sites (N-methyl/N-ethyl adjacent to an activating group) is 1. The van der Waals surface area contributed by atoms with Gasteiger partial charge in [-0.15, -0.1) is 0 Å². The quantitative estimate of drug-likeness (QED) is 0.867. The second kappa shape index (κ2) is 6.00. The lowest BCUT2D eigenvalue weighted by atomic mass is 9.69. The summed E-state index contributed by atoms with van der Waals surface area (Å²) >= 11 is 0. The van der Waals surface area contributed by atoms with Gasteiger partial charge in [0.05, 0.1) is 0 Å². The summed E-state index contributed by atoms with van der Waals surface area (Å²) < 4.78 is 26.2. The lowest BCUT2D eigenvalue weighted by molar-refractivity contribution is 0.149. The van der Waals surface area contributed by atoms with Crippen LogP contribution in [0.1, 0.15) is 44.6 Å². The first-order valence-electron chi connectivity index (χ1n) is 7.16. The Balaban J connectivity index is 2.11. The Hall–Kier alpha value is -0.960. The zero-order valence-corrected chi connectivity index (χ0v) is 11.8. The molecule has 0 amide bonds. The van der Waals surface area contributed by atoms with Gasteiger partial charge in [0, 0.05) is 6.04 Å². The van der Waals surface area contributed by atoms with Crippen molar-refractivity contribution in [2.75, 3.05) is 7.05 Å². The molecule has 1 atom stereocenters. The number of halogens is 2. The van der Waals surface area contributed by atoms with Gasteiger partial charge >= 0.3 is 0 Å². The van der Waals surface area contributed by atoms with Crippen LogP contribution in [-0.2, 0) is 6.42 Å². The molecule has 2 rings (SSSR count). The molecule has 1 unspecified atom stereocenters. The first-order chi connectivity index (χ1) is 9.05. The van der Waals surface area contributed by atoms with Gasteiger partial charge in [0.25, 0.3) is 0 Å². The summed E-state index contributed by atoms with van der Waals surface area (Å²) in [6, 6.07) is 4.55. The molecule has 1 aromatic rings. The predicted molar refractivity (Wildman–Crippen MR) is 74.1 cm³/mol. The van der Waals surface area contributed by atoms with Crippen LogP contribution in [0, 0.1) is 17.0 Å². The molecule has 0 aliphatic heterocycles. The molecule has 1 aliphatic carbocycles. The number of hydrogen-bond donors (Lipinski definition) is 1. The van der Waals surface area contributed by atoms with Crippen molar-refractivity contribution in [3.63, 3.8) is 0 Å². The van der Waals surface area contributed by atoms with E-state index in [9.17, 15) is 8.78 Å². The molecule has 0 spiro atoms. The number of hydrogen-bond acceptors (Lipinski definition) is 1. The molecule has 106 valence electrons. The van der Waals surface area contributed by atoms with Gasteiger partial charge < -0.3 is 5.32 Å². The largest absolute Gasteiger partial charge is 0.316 e. The predicted octanol–water partition coefficient (Wildman–Crippen LogP) is 4.07. The SMILES string of the molecule is CNC(Cc1ccc(F)c(F)c1)C1(C)CCCCC1. The Bertz CT molecular complexity index is 425. The molecule has 3 heteroatoms.